The van der Waals surface area contributed by atoms with Gasteiger partial charge in [0.15, 0.2) is 0 Å². The second-order valence-corrected chi connectivity index (χ2v) is 5.17. The Morgan fingerprint density at radius 2 is 2.06 bits per heavy atom. The second-order valence-electron chi connectivity index (χ2n) is 3.89. The summed E-state index contributed by atoms with van der Waals surface area (Å²) in [5.74, 6) is 1.41. The van der Waals surface area contributed by atoms with Gasteiger partial charge in [-0.15, -0.1) is 0 Å². The van der Waals surface area contributed by atoms with Crippen molar-refractivity contribution in [2.24, 2.45) is 0 Å². The van der Waals surface area contributed by atoms with Crippen LogP contribution in [0.3, 0.4) is 0 Å². The Kier molecular flexibility index (Phi) is 5.55. The molecule has 0 saturated carbocycles. The molecule has 1 N–H and O–H groups in total. The van der Waals surface area contributed by atoms with E-state index in [-0.39, 0.29) is 4.75 Å². The van der Waals surface area contributed by atoms with E-state index in [1.54, 1.807) is 7.11 Å². The van der Waals surface area contributed by atoms with Crippen molar-refractivity contribution in [3.8, 4) is 5.88 Å². The summed E-state index contributed by atoms with van der Waals surface area (Å²) in [5.41, 5.74) is 0. The SMILES string of the molecule is CCC(CC)(CNc1cc(OC)ncn1)SC. The molecule has 17 heavy (non-hydrogen) atoms. The third kappa shape index (κ3) is 3.77. The molecule has 0 spiro atoms. The summed E-state index contributed by atoms with van der Waals surface area (Å²) >= 11 is 1.91. The van der Waals surface area contributed by atoms with Crippen molar-refractivity contribution in [2.45, 2.75) is 31.4 Å². The Balaban J connectivity index is 2.65. The highest BCUT2D eigenvalue weighted by Crippen LogP contribution is 2.30. The summed E-state index contributed by atoms with van der Waals surface area (Å²) in [6.07, 6.45) is 5.95. The minimum Gasteiger partial charge on any atom is -0.481 e. The van der Waals surface area contributed by atoms with E-state index < -0.39 is 0 Å². The first-order valence-corrected chi connectivity index (χ1v) is 7.07. The Bertz CT molecular complexity index is 334. The molecule has 1 rings (SSSR count). The fraction of sp³-hybridized carbons (Fsp3) is 0.667. The Labute approximate surface area is 108 Å². The Morgan fingerprint density at radius 1 is 1.35 bits per heavy atom. The molecule has 0 aliphatic rings. The summed E-state index contributed by atoms with van der Waals surface area (Å²) in [6, 6.07) is 1.82. The first-order valence-electron chi connectivity index (χ1n) is 5.84. The van der Waals surface area contributed by atoms with E-state index in [1.165, 1.54) is 6.33 Å². The number of hydrogen-bond donors (Lipinski definition) is 1. The molecule has 0 radical (unpaired) electrons. The van der Waals surface area contributed by atoms with Crippen LogP contribution in [-0.4, -0.2) is 34.6 Å². The molecule has 5 heteroatoms. The highest BCUT2D eigenvalue weighted by Gasteiger charge is 2.24. The number of aromatic nitrogens is 2. The number of ether oxygens (including phenoxy) is 1. The lowest BCUT2D eigenvalue weighted by molar-refractivity contribution is 0.397. The molecule has 0 amide bonds. The zero-order valence-corrected chi connectivity index (χ0v) is 11.8. The van der Waals surface area contributed by atoms with E-state index in [9.17, 15) is 0 Å². The molecule has 0 bridgehead atoms. The summed E-state index contributed by atoms with van der Waals surface area (Å²) in [7, 11) is 1.61. The minimum absolute atomic E-state index is 0.276. The van der Waals surface area contributed by atoms with Gasteiger partial charge in [0, 0.05) is 17.4 Å². The summed E-state index contributed by atoms with van der Waals surface area (Å²) in [6.45, 7) is 5.35. The molecule has 0 fully saturated rings. The van der Waals surface area contributed by atoms with Crippen LogP contribution in [0.25, 0.3) is 0 Å². The van der Waals surface area contributed by atoms with Gasteiger partial charge >= 0.3 is 0 Å². The van der Waals surface area contributed by atoms with E-state index in [0.29, 0.717) is 5.88 Å². The Morgan fingerprint density at radius 3 is 2.59 bits per heavy atom. The largest absolute Gasteiger partial charge is 0.481 e. The normalized spacial score (nSPS) is 11.3. The van der Waals surface area contributed by atoms with Crippen molar-refractivity contribution in [2.75, 3.05) is 25.2 Å². The van der Waals surface area contributed by atoms with Crippen molar-refractivity contribution >= 4 is 17.6 Å². The lowest BCUT2D eigenvalue weighted by atomic mass is 10.0. The van der Waals surface area contributed by atoms with Crippen LogP contribution in [0.15, 0.2) is 12.4 Å². The molecule has 0 aliphatic carbocycles. The molecule has 4 nitrogen and oxygen atoms in total. The Hall–Kier alpha value is -0.970. The zero-order valence-electron chi connectivity index (χ0n) is 11.0. The van der Waals surface area contributed by atoms with Gasteiger partial charge in [0.1, 0.15) is 12.1 Å². The highest BCUT2D eigenvalue weighted by molar-refractivity contribution is 8.00. The number of nitrogens with zero attached hydrogens (tertiary/aromatic N) is 2. The van der Waals surface area contributed by atoms with E-state index in [2.05, 4.69) is 35.4 Å². The topological polar surface area (TPSA) is 47.0 Å². The smallest absolute Gasteiger partial charge is 0.218 e. The van der Waals surface area contributed by atoms with Gasteiger partial charge in [-0.3, -0.25) is 0 Å². The number of thioether (sulfide) groups is 1. The van der Waals surface area contributed by atoms with Crippen molar-refractivity contribution in [1.29, 1.82) is 0 Å². The van der Waals surface area contributed by atoms with Crippen molar-refractivity contribution in [1.82, 2.24) is 9.97 Å². The quantitative estimate of drug-likeness (QED) is 0.812. The fourth-order valence-electron chi connectivity index (χ4n) is 1.66. The maximum absolute atomic E-state index is 5.07. The third-order valence-corrected chi connectivity index (χ3v) is 4.75. The van der Waals surface area contributed by atoms with Gasteiger partial charge in [-0.05, 0) is 19.1 Å². The summed E-state index contributed by atoms with van der Waals surface area (Å²) in [4.78, 5) is 8.17. The third-order valence-electron chi connectivity index (χ3n) is 3.16. The lowest BCUT2D eigenvalue weighted by Gasteiger charge is -2.30. The number of nitrogens with one attached hydrogen (secondary N) is 1. The fourth-order valence-corrected chi connectivity index (χ4v) is 2.45. The first kappa shape index (κ1) is 14.1. The van der Waals surface area contributed by atoms with Crippen LogP contribution in [0.5, 0.6) is 5.88 Å². The second kappa shape index (κ2) is 6.69. The van der Waals surface area contributed by atoms with E-state index in [4.69, 9.17) is 4.74 Å². The van der Waals surface area contributed by atoms with Crippen LogP contribution in [0.4, 0.5) is 5.82 Å². The van der Waals surface area contributed by atoms with Crippen LogP contribution in [0, 0.1) is 0 Å². The molecule has 1 aromatic heterocycles. The molecule has 0 aromatic carbocycles. The maximum atomic E-state index is 5.07. The number of rotatable bonds is 7. The summed E-state index contributed by atoms with van der Waals surface area (Å²) in [5, 5.41) is 3.36. The molecular weight excluding hydrogens is 234 g/mol. The van der Waals surface area contributed by atoms with Crippen molar-refractivity contribution in [3.05, 3.63) is 12.4 Å². The van der Waals surface area contributed by atoms with Crippen LogP contribution in [-0.2, 0) is 0 Å². The number of anilines is 1. The molecule has 96 valence electrons. The predicted molar refractivity (Wildman–Crippen MR) is 73.9 cm³/mol. The van der Waals surface area contributed by atoms with Gasteiger partial charge in [0.05, 0.1) is 7.11 Å². The van der Waals surface area contributed by atoms with Crippen molar-refractivity contribution < 1.29 is 4.74 Å². The monoisotopic (exact) mass is 255 g/mol. The number of hydrogen-bond acceptors (Lipinski definition) is 5. The molecule has 0 aliphatic heterocycles. The first-order chi connectivity index (χ1) is 8.19. The van der Waals surface area contributed by atoms with Gasteiger partial charge in [0.25, 0.3) is 0 Å². The van der Waals surface area contributed by atoms with E-state index in [1.807, 2.05) is 17.8 Å². The molecule has 0 unspecified atom stereocenters. The van der Waals surface area contributed by atoms with Crippen LogP contribution in [0.1, 0.15) is 26.7 Å². The highest BCUT2D eigenvalue weighted by atomic mass is 32.2. The van der Waals surface area contributed by atoms with Crippen LogP contribution < -0.4 is 10.1 Å². The molecular formula is C12H21N3OS. The zero-order chi connectivity index (χ0) is 12.7. The molecule has 0 atom stereocenters. The molecule has 0 saturated heterocycles. The van der Waals surface area contributed by atoms with Gasteiger partial charge in [0.2, 0.25) is 5.88 Å². The summed E-state index contributed by atoms with van der Waals surface area (Å²) < 4.78 is 5.35. The standard InChI is InChI=1S/C12H21N3OS/c1-5-12(6-2,17-4)8-13-10-7-11(16-3)15-9-14-10/h7,9H,5-6,8H2,1-4H3,(H,13,14,15). The average Bonchev–Trinajstić information content (AvgIpc) is 2.41. The van der Waals surface area contributed by atoms with Gasteiger partial charge < -0.3 is 10.1 Å². The predicted octanol–water partition coefficient (Wildman–Crippen LogP) is 2.82. The number of methoxy groups -OCH3 is 1. The van der Waals surface area contributed by atoms with Gasteiger partial charge in [-0.2, -0.15) is 11.8 Å². The van der Waals surface area contributed by atoms with E-state index >= 15 is 0 Å². The minimum atomic E-state index is 0.276. The maximum Gasteiger partial charge on any atom is 0.218 e. The average molecular weight is 255 g/mol. The van der Waals surface area contributed by atoms with E-state index in [0.717, 1.165) is 25.2 Å². The van der Waals surface area contributed by atoms with Crippen LogP contribution in [0.2, 0.25) is 0 Å². The van der Waals surface area contributed by atoms with Crippen LogP contribution >= 0.6 is 11.8 Å². The van der Waals surface area contributed by atoms with Gasteiger partial charge in [-0.25, -0.2) is 9.97 Å². The molecule has 1 heterocycles. The van der Waals surface area contributed by atoms with Gasteiger partial charge in [-0.1, -0.05) is 13.8 Å². The lowest BCUT2D eigenvalue weighted by Crippen LogP contribution is -2.32. The van der Waals surface area contributed by atoms with Crippen molar-refractivity contribution in [3.63, 3.8) is 0 Å². The molecule has 1 aromatic rings.